The van der Waals surface area contributed by atoms with E-state index in [9.17, 15) is 34.5 Å². The number of fused-ring (bicyclic) bond motifs is 1. The van der Waals surface area contributed by atoms with Crippen LogP contribution >= 0.6 is 11.8 Å². The zero-order valence-electron chi connectivity index (χ0n) is 17.2. The van der Waals surface area contributed by atoms with Crippen molar-refractivity contribution in [2.24, 2.45) is 5.16 Å². The van der Waals surface area contributed by atoms with E-state index in [4.69, 9.17) is 9.57 Å². The van der Waals surface area contributed by atoms with Crippen LogP contribution in [0.15, 0.2) is 23.4 Å². The summed E-state index contributed by atoms with van der Waals surface area (Å²) < 4.78 is 4.03. The largest absolute Gasteiger partial charge is 0.504 e. The molecule has 0 saturated carbocycles. The van der Waals surface area contributed by atoms with E-state index < -0.39 is 40.6 Å². The zero-order valence-corrected chi connectivity index (χ0v) is 18.0. The average molecular weight is 480 g/mol. The van der Waals surface area contributed by atoms with E-state index in [0.717, 1.165) is 0 Å². The highest BCUT2D eigenvalue weighted by Gasteiger charge is 2.61. The summed E-state index contributed by atoms with van der Waals surface area (Å²) >= 11 is 1.25. The highest BCUT2D eigenvalue weighted by molar-refractivity contribution is 8.01. The molecule has 3 aliphatic rings. The smallest absolute Gasteiger partial charge is 0.426 e. The van der Waals surface area contributed by atoms with Crippen LogP contribution in [-0.2, 0) is 24.0 Å². The molecule has 0 spiro atoms. The molecular formula is C19H20N4O9S. The standard InChI is InChI=1S/C19H20N4O9S/c1-19(15(17(28)29)23-12(25)6-13(23)33-19)7-31-18(30)21-20-16(27)11-5-9(22-32-11)8-3-2-4-10(24)14(8)26/h2-4,11,13,15,24,26H,5-7H2,1H3,(H,20,27)(H,21,30)(H,28,29)/t11?,13-,15+,19+/m1/s1. The molecule has 14 heteroatoms. The number of amides is 3. The number of para-hydroxylation sites is 1. The Hall–Kier alpha value is -3.68. The molecule has 33 heavy (non-hydrogen) atoms. The maximum absolute atomic E-state index is 12.3. The lowest BCUT2D eigenvalue weighted by atomic mass is 9.97. The zero-order chi connectivity index (χ0) is 23.9. The van der Waals surface area contributed by atoms with Gasteiger partial charge in [0.2, 0.25) is 12.0 Å². The van der Waals surface area contributed by atoms with Gasteiger partial charge in [0, 0.05) is 12.0 Å². The normalized spacial score (nSPS) is 27.7. The lowest BCUT2D eigenvalue weighted by Gasteiger charge is -2.36. The third kappa shape index (κ3) is 4.08. The number of phenolic OH excluding ortho intramolecular Hbond substituents is 2. The molecule has 176 valence electrons. The van der Waals surface area contributed by atoms with E-state index in [1.54, 1.807) is 6.92 Å². The predicted octanol–water partition coefficient (Wildman–Crippen LogP) is -0.135. The van der Waals surface area contributed by atoms with E-state index in [2.05, 4.69) is 10.6 Å². The van der Waals surface area contributed by atoms with Crippen molar-refractivity contribution in [2.75, 3.05) is 6.61 Å². The predicted molar refractivity (Wildman–Crippen MR) is 111 cm³/mol. The number of benzene rings is 1. The minimum absolute atomic E-state index is 0.0279. The van der Waals surface area contributed by atoms with Gasteiger partial charge in [0.05, 0.1) is 22.3 Å². The van der Waals surface area contributed by atoms with Crippen molar-refractivity contribution in [2.45, 2.75) is 42.0 Å². The fourth-order valence-electron chi connectivity index (χ4n) is 3.85. The van der Waals surface area contributed by atoms with Gasteiger partial charge in [-0.15, -0.1) is 11.8 Å². The molecule has 4 rings (SSSR count). The van der Waals surface area contributed by atoms with E-state index in [0.29, 0.717) is 0 Å². The number of phenols is 2. The van der Waals surface area contributed by atoms with Gasteiger partial charge in [-0.05, 0) is 19.1 Å². The maximum atomic E-state index is 12.3. The summed E-state index contributed by atoms with van der Waals surface area (Å²) in [5, 5.41) is 32.5. The maximum Gasteiger partial charge on any atom is 0.426 e. The second-order valence-electron chi connectivity index (χ2n) is 7.83. The van der Waals surface area contributed by atoms with Gasteiger partial charge >= 0.3 is 12.1 Å². The first-order chi connectivity index (χ1) is 15.6. The van der Waals surface area contributed by atoms with Gasteiger partial charge in [0.15, 0.2) is 11.5 Å². The number of hydrazine groups is 1. The molecule has 13 nitrogen and oxygen atoms in total. The van der Waals surface area contributed by atoms with Crippen molar-refractivity contribution >= 4 is 41.4 Å². The monoisotopic (exact) mass is 480 g/mol. The van der Waals surface area contributed by atoms with Crippen LogP contribution in [0.5, 0.6) is 11.5 Å². The summed E-state index contributed by atoms with van der Waals surface area (Å²) in [5.41, 5.74) is 4.61. The third-order valence-corrected chi connectivity index (χ3v) is 7.05. The Balaban J connectivity index is 1.26. The highest BCUT2D eigenvalue weighted by atomic mass is 32.2. The number of nitrogens with one attached hydrogen (secondary N) is 2. The number of carbonyl (C=O) groups excluding carboxylic acids is 3. The van der Waals surface area contributed by atoms with Crippen molar-refractivity contribution in [3.05, 3.63) is 23.8 Å². The van der Waals surface area contributed by atoms with Gasteiger partial charge < -0.3 is 29.8 Å². The van der Waals surface area contributed by atoms with E-state index in [-0.39, 0.29) is 47.8 Å². The van der Waals surface area contributed by atoms with Gasteiger partial charge in [-0.1, -0.05) is 11.2 Å². The lowest BCUT2D eigenvalue weighted by Crippen LogP contribution is -2.58. The first-order valence-electron chi connectivity index (χ1n) is 9.79. The molecule has 0 aromatic heterocycles. The van der Waals surface area contributed by atoms with Crippen LogP contribution in [0.25, 0.3) is 0 Å². The van der Waals surface area contributed by atoms with Crippen LogP contribution in [0.2, 0.25) is 0 Å². The summed E-state index contributed by atoms with van der Waals surface area (Å²) in [6.07, 6.45) is -1.92. The third-order valence-electron chi connectivity index (χ3n) is 5.51. The molecule has 1 unspecified atom stereocenters. The van der Waals surface area contributed by atoms with Crippen molar-refractivity contribution in [3.63, 3.8) is 0 Å². The molecule has 1 aromatic rings. The molecule has 2 saturated heterocycles. The number of oxime groups is 1. The lowest BCUT2D eigenvalue weighted by molar-refractivity contribution is -0.157. The van der Waals surface area contributed by atoms with Gasteiger partial charge in [0.1, 0.15) is 12.6 Å². The Morgan fingerprint density at radius 2 is 2.06 bits per heavy atom. The SMILES string of the molecule is C[C@@]1(COC(=O)NNC(=O)C2CC(c3cccc(O)c3O)=NO2)S[C@@H]2CC(=O)N2[C@H]1C(=O)O. The molecule has 0 radical (unpaired) electrons. The number of carboxylic acids is 1. The van der Waals surface area contributed by atoms with Crippen LogP contribution in [0.4, 0.5) is 4.79 Å². The Morgan fingerprint density at radius 3 is 2.76 bits per heavy atom. The van der Waals surface area contributed by atoms with E-state index in [1.807, 2.05) is 5.43 Å². The minimum Gasteiger partial charge on any atom is -0.504 e. The number of thioether (sulfide) groups is 1. The van der Waals surface area contributed by atoms with E-state index in [1.165, 1.54) is 34.9 Å². The van der Waals surface area contributed by atoms with Crippen LogP contribution in [0.3, 0.4) is 0 Å². The molecule has 4 atom stereocenters. The number of aliphatic carboxylic acids is 1. The summed E-state index contributed by atoms with van der Waals surface area (Å²) in [4.78, 5) is 54.0. The van der Waals surface area contributed by atoms with Crippen LogP contribution in [0.1, 0.15) is 25.3 Å². The van der Waals surface area contributed by atoms with Crippen molar-refractivity contribution in [1.29, 1.82) is 0 Å². The summed E-state index contributed by atoms with van der Waals surface area (Å²) in [6.45, 7) is 1.29. The van der Waals surface area contributed by atoms with Gasteiger partial charge in [0.25, 0.3) is 5.91 Å². The van der Waals surface area contributed by atoms with Gasteiger partial charge in [-0.3, -0.25) is 15.0 Å². The molecule has 2 fully saturated rings. The Labute approximate surface area is 190 Å². The van der Waals surface area contributed by atoms with Crippen LogP contribution < -0.4 is 10.9 Å². The van der Waals surface area contributed by atoms with Crippen molar-refractivity contribution in [3.8, 4) is 11.5 Å². The number of carbonyl (C=O) groups is 4. The number of ether oxygens (including phenoxy) is 1. The Kier molecular flexibility index (Phi) is 5.69. The number of rotatable bonds is 5. The topological polar surface area (TPSA) is 187 Å². The number of nitrogens with zero attached hydrogens (tertiary/aromatic N) is 2. The summed E-state index contributed by atoms with van der Waals surface area (Å²) in [5.74, 6) is -2.94. The number of hydrogen-bond acceptors (Lipinski definition) is 10. The molecule has 0 bridgehead atoms. The average Bonchev–Trinajstić information content (AvgIpc) is 3.34. The van der Waals surface area contributed by atoms with Gasteiger partial charge in [-0.2, -0.15) is 0 Å². The first kappa shape index (κ1) is 22.5. The molecule has 3 aliphatic heterocycles. The minimum atomic E-state index is -1.19. The number of hydrogen-bond donors (Lipinski definition) is 5. The molecular weight excluding hydrogens is 460 g/mol. The van der Waals surface area contributed by atoms with Crippen molar-refractivity contribution in [1.82, 2.24) is 15.8 Å². The summed E-state index contributed by atoms with van der Waals surface area (Å²) in [7, 11) is 0. The number of aromatic hydroxyl groups is 2. The van der Waals surface area contributed by atoms with Crippen LogP contribution in [0, 0.1) is 0 Å². The first-order valence-corrected chi connectivity index (χ1v) is 10.7. The molecule has 3 amide bonds. The van der Waals surface area contributed by atoms with E-state index >= 15 is 0 Å². The fraction of sp³-hybridized carbons (Fsp3) is 0.421. The second kappa shape index (κ2) is 8.35. The number of β-lactam (4-membered cyclic amide) rings is 1. The molecule has 3 heterocycles. The molecule has 0 aliphatic carbocycles. The molecule has 5 N–H and O–H groups in total. The summed E-state index contributed by atoms with van der Waals surface area (Å²) in [6, 6.07) is 3.15. The highest BCUT2D eigenvalue weighted by Crippen LogP contribution is 2.51. The Bertz CT molecular complexity index is 1060. The molecule has 1 aromatic carbocycles. The van der Waals surface area contributed by atoms with Gasteiger partial charge in [-0.25, -0.2) is 15.0 Å². The van der Waals surface area contributed by atoms with Crippen LogP contribution in [-0.4, -0.2) is 78.7 Å². The second-order valence-corrected chi connectivity index (χ2v) is 9.54. The van der Waals surface area contributed by atoms with Crippen molar-refractivity contribution < 1.29 is 44.1 Å². The quantitative estimate of drug-likeness (QED) is 0.216. The Morgan fingerprint density at radius 1 is 1.30 bits per heavy atom. The fourth-order valence-corrected chi connectivity index (χ4v) is 5.52. The number of carboxylic acid groups (broad SMARTS) is 1.